The van der Waals surface area contributed by atoms with Crippen molar-refractivity contribution in [1.29, 1.82) is 0 Å². The number of hydrogen-bond acceptors (Lipinski definition) is 3. The van der Waals surface area contributed by atoms with E-state index in [-0.39, 0.29) is 5.92 Å². The number of carbonyl (C=O) groups excluding carboxylic acids is 2. The minimum atomic E-state index is -4.85. The largest absolute Gasteiger partial charge is 0.573 e. The highest BCUT2D eigenvalue weighted by Crippen LogP contribution is 2.41. The first-order valence-electron chi connectivity index (χ1n) is 10.0. The average molecular weight is 478 g/mol. The Kier molecular flexibility index (Phi) is 6.07. The number of benzene rings is 2. The third kappa shape index (κ3) is 4.68. The second kappa shape index (κ2) is 8.82. The molecule has 33 heavy (non-hydrogen) atoms. The van der Waals surface area contributed by atoms with Gasteiger partial charge < -0.3 is 15.8 Å². The molecule has 0 saturated carbocycles. The van der Waals surface area contributed by atoms with Gasteiger partial charge in [-0.1, -0.05) is 24.3 Å². The smallest absolute Gasteiger partial charge is 0.406 e. The van der Waals surface area contributed by atoms with Gasteiger partial charge in [0.2, 0.25) is 5.91 Å². The molecule has 1 atom stereocenters. The summed E-state index contributed by atoms with van der Waals surface area (Å²) in [6.45, 7) is 0.395. The van der Waals surface area contributed by atoms with Crippen LogP contribution in [0, 0.1) is 0 Å². The van der Waals surface area contributed by atoms with Crippen LogP contribution in [0.25, 0.3) is 22.4 Å². The molecule has 0 fully saturated rings. The molecule has 3 aromatic rings. The molecule has 0 radical (unpaired) electrons. The lowest BCUT2D eigenvalue weighted by molar-refractivity contribution is -0.274. The topological polar surface area (TPSA) is 86.3 Å². The van der Waals surface area contributed by atoms with Gasteiger partial charge in [-0.3, -0.25) is 9.36 Å². The first-order valence-corrected chi connectivity index (χ1v) is 10.6. The van der Waals surface area contributed by atoms with Crippen molar-refractivity contribution in [3.63, 3.8) is 0 Å². The molecule has 3 N–H and O–H groups in total. The first-order chi connectivity index (χ1) is 15.7. The molecule has 1 aromatic heterocycles. The normalized spacial score (nSPS) is 15.6. The second-order valence-electron chi connectivity index (χ2n) is 7.54. The number of hydrogen-bond donors (Lipinski definition) is 2. The van der Waals surface area contributed by atoms with E-state index >= 15 is 0 Å². The van der Waals surface area contributed by atoms with Gasteiger partial charge in [0.15, 0.2) is 0 Å². The summed E-state index contributed by atoms with van der Waals surface area (Å²) < 4.78 is 43.9. The zero-order valence-electron chi connectivity index (χ0n) is 17.2. The van der Waals surface area contributed by atoms with Crippen LogP contribution in [0.15, 0.2) is 54.6 Å². The highest BCUT2D eigenvalue weighted by Gasteiger charge is 2.33. The summed E-state index contributed by atoms with van der Waals surface area (Å²) in [7, 11) is 0. The van der Waals surface area contributed by atoms with Crippen LogP contribution in [-0.4, -0.2) is 35.3 Å². The Labute approximate surface area is 192 Å². The summed E-state index contributed by atoms with van der Waals surface area (Å²) >= 11 is 5.96. The number of carbonyl (C=O) groups is 2. The quantitative estimate of drug-likeness (QED) is 0.484. The van der Waals surface area contributed by atoms with Crippen LogP contribution in [0.3, 0.4) is 0 Å². The van der Waals surface area contributed by atoms with E-state index < -0.39 is 24.1 Å². The Morgan fingerprint density at radius 3 is 2.52 bits per heavy atom. The number of nitrogens with zero attached hydrogens (tertiary/aromatic N) is 1. The Morgan fingerprint density at radius 2 is 1.88 bits per heavy atom. The molecule has 1 unspecified atom stereocenters. The van der Waals surface area contributed by atoms with Crippen molar-refractivity contribution in [3.8, 4) is 28.1 Å². The summed E-state index contributed by atoms with van der Waals surface area (Å²) in [5, 5.41) is 2.82. The van der Waals surface area contributed by atoms with Crippen LogP contribution < -0.4 is 15.8 Å². The SMILES string of the molecule is NC(=O)c1ccc(-c2cc3n(c2-c2cccc(OC(F)(F)F)c2)C(=O)NCC3CCCl)cc1. The molecule has 10 heteroatoms. The van der Waals surface area contributed by atoms with Crippen LogP contribution in [0.4, 0.5) is 18.0 Å². The van der Waals surface area contributed by atoms with E-state index in [1.54, 1.807) is 30.3 Å². The van der Waals surface area contributed by atoms with E-state index in [0.29, 0.717) is 52.5 Å². The van der Waals surface area contributed by atoms with E-state index in [0.717, 1.165) is 0 Å². The maximum atomic E-state index is 12.9. The molecular formula is C23H19ClF3N3O3. The molecule has 0 saturated heterocycles. The second-order valence-corrected chi connectivity index (χ2v) is 7.92. The van der Waals surface area contributed by atoms with Gasteiger partial charge in [-0.05, 0) is 42.3 Å². The van der Waals surface area contributed by atoms with Crippen molar-refractivity contribution in [2.45, 2.75) is 18.7 Å². The summed E-state index contributed by atoms with van der Waals surface area (Å²) in [5.41, 5.74) is 8.37. The summed E-state index contributed by atoms with van der Waals surface area (Å²) in [6.07, 6.45) is -4.25. The Bertz CT molecular complexity index is 1210. The molecule has 6 nitrogen and oxygen atoms in total. The lowest BCUT2D eigenvalue weighted by Gasteiger charge is -2.25. The van der Waals surface area contributed by atoms with Crippen molar-refractivity contribution in [3.05, 3.63) is 65.9 Å². The molecule has 0 aliphatic carbocycles. The maximum Gasteiger partial charge on any atom is 0.573 e. The average Bonchev–Trinajstić information content (AvgIpc) is 3.17. The van der Waals surface area contributed by atoms with Gasteiger partial charge >= 0.3 is 12.4 Å². The molecule has 2 amide bonds. The van der Waals surface area contributed by atoms with Gasteiger partial charge in [-0.2, -0.15) is 0 Å². The van der Waals surface area contributed by atoms with Gasteiger partial charge in [0.05, 0.1) is 5.69 Å². The van der Waals surface area contributed by atoms with Gasteiger partial charge in [0.25, 0.3) is 0 Å². The number of amides is 2. The number of nitrogens with one attached hydrogen (secondary N) is 1. The van der Waals surface area contributed by atoms with Crippen LogP contribution >= 0.6 is 11.6 Å². The number of halogens is 4. The highest BCUT2D eigenvalue weighted by molar-refractivity contribution is 6.17. The van der Waals surface area contributed by atoms with Crippen molar-refractivity contribution in [1.82, 2.24) is 9.88 Å². The van der Waals surface area contributed by atoms with Crippen molar-refractivity contribution >= 4 is 23.5 Å². The van der Waals surface area contributed by atoms with E-state index in [1.165, 1.54) is 22.8 Å². The molecule has 4 rings (SSSR count). The molecule has 1 aliphatic rings. The molecule has 2 aromatic carbocycles. The van der Waals surface area contributed by atoms with E-state index in [2.05, 4.69) is 10.1 Å². The fourth-order valence-corrected chi connectivity index (χ4v) is 4.25. The van der Waals surface area contributed by atoms with Gasteiger partial charge in [0.1, 0.15) is 5.75 Å². The third-order valence-electron chi connectivity index (χ3n) is 5.43. The molecule has 172 valence electrons. The lowest BCUT2D eigenvalue weighted by atomic mass is 9.98. The first kappa shape index (κ1) is 22.7. The fourth-order valence-electron chi connectivity index (χ4n) is 3.98. The van der Waals surface area contributed by atoms with Gasteiger partial charge in [-0.15, -0.1) is 24.8 Å². The summed E-state index contributed by atoms with van der Waals surface area (Å²) in [5.74, 6) is -0.693. The molecular weight excluding hydrogens is 459 g/mol. The number of primary amides is 1. The number of alkyl halides is 4. The number of nitrogens with two attached hydrogens (primary N) is 1. The third-order valence-corrected chi connectivity index (χ3v) is 5.65. The minimum Gasteiger partial charge on any atom is -0.406 e. The van der Waals surface area contributed by atoms with Gasteiger partial charge in [-0.25, -0.2) is 4.79 Å². The number of ether oxygens (including phenoxy) is 1. The van der Waals surface area contributed by atoms with Gasteiger partial charge in [0, 0.05) is 40.7 Å². The van der Waals surface area contributed by atoms with Crippen LogP contribution in [0.5, 0.6) is 5.75 Å². The van der Waals surface area contributed by atoms with E-state index in [1.807, 2.05) is 6.07 Å². The molecule has 0 spiro atoms. The summed E-state index contributed by atoms with van der Waals surface area (Å²) in [4.78, 5) is 24.3. The summed E-state index contributed by atoms with van der Waals surface area (Å²) in [6, 6.07) is 13.3. The lowest BCUT2D eigenvalue weighted by Crippen LogP contribution is -2.39. The predicted molar refractivity (Wildman–Crippen MR) is 117 cm³/mol. The Morgan fingerprint density at radius 1 is 1.15 bits per heavy atom. The zero-order chi connectivity index (χ0) is 23.8. The van der Waals surface area contributed by atoms with Crippen molar-refractivity contribution in [2.75, 3.05) is 12.4 Å². The van der Waals surface area contributed by atoms with Crippen molar-refractivity contribution < 1.29 is 27.5 Å². The van der Waals surface area contributed by atoms with E-state index in [9.17, 15) is 22.8 Å². The van der Waals surface area contributed by atoms with Crippen LogP contribution in [0.2, 0.25) is 0 Å². The monoisotopic (exact) mass is 477 g/mol. The van der Waals surface area contributed by atoms with Crippen molar-refractivity contribution in [2.24, 2.45) is 5.73 Å². The molecule has 2 heterocycles. The minimum absolute atomic E-state index is 0.0767. The Balaban J connectivity index is 1.92. The number of fused-ring (bicyclic) bond motifs is 1. The van der Waals surface area contributed by atoms with Crippen LogP contribution in [-0.2, 0) is 0 Å². The van der Waals surface area contributed by atoms with Crippen LogP contribution in [0.1, 0.15) is 28.4 Å². The molecule has 1 aliphatic heterocycles. The predicted octanol–water partition coefficient (Wildman–Crippen LogP) is 5.10. The maximum absolute atomic E-state index is 12.9. The fraction of sp³-hybridized carbons (Fsp3) is 0.217. The van der Waals surface area contributed by atoms with E-state index in [4.69, 9.17) is 17.3 Å². The Hall–Kier alpha value is -3.46. The standard InChI is InChI=1S/C23H19ClF3N3O3/c24-9-8-16-12-29-22(32)30-19(16)11-18(13-4-6-14(7-5-13)21(28)31)20(30)15-2-1-3-17(10-15)33-23(25,26)27/h1-7,10-11,16H,8-9,12H2,(H2,28,31)(H,29,32). The zero-order valence-corrected chi connectivity index (χ0v) is 17.9. The number of rotatable bonds is 6. The number of aromatic nitrogens is 1. The molecule has 0 bridgehead atoms. The highest BCUT2D eigenvalue weighted by atomic mass is 35.5.